The molecule has 25 nitrogen and oxygen atoms in total. The number of hydrogen-bond acceptors (Lipinski definition) is 21. The molecule has 0 aliphatic carbocycles. The van der Waals surface area contributed by atoms with Crippen LogP contribution in [-0.4, -0.2) is 216 Å². The topological polar surface area (TPSA) is 345 Å². The summed E-state index contributed by atoms with van der Waals surface area (Å²) >= 11 is 0. The quantitative estimate of drug-likeness (QED) is 0.0224. The van der Waals surface area contributed by atoms with Gasteiger partial charge in [-0.2, -0.15) is 0 Å². The summed E-state index contributed by atoms with van der Waals surface area (Å²) in [7, 11) is -9.16. The number of ether oxygens (including phenoxy) is 9. The van der Waals surface area contributed by atoms with Crippen molar-refractivity contribution in [2.75, 3.05) is 172 Å². The summed E-state index contributed by atoms with van der Waals surface area (Å²) in [5.41, 5.74) is 10.6. The van der Waals surface area contributed by atoms with E-state index in [0.717, 1.165) is 0 Å². The van der Waals surface area contributed by atoms with Crippen LogP contribution in [0.25, 0.3) is 0 Å². The maximum absolute atomic E-state index is 12.0. The molecule has 10 N–H and O–H groups in total. The summed E-state index contributed by atoms with van der Waals surface area (Å²) in [6, 6.07) is 0. The number of hydrogen-bond donors (Lipinski definition) is 8. The van der Waals surface area contributed by atoms with Gasteiger partial charge in [0.15, 0.2) is 0 Å². The van der Waals surface area contributed by atoms with E-state index in [0.29, 0.717) is 92.4 Å². The Hall–Kier alpha value is -1.36. The van der Waals surface area contributed by atoms with E-state index in [2.05, 4.69) is 10.6 Å². The minimum atomic E-state index is -4.58. The maximum atomic E-state index is 12.0. The van der Waals surface area contributed by atoms with Crippen LogP contribution >= 0.6 is 15.6 Å². The summed E-state index contributed by atoms with van der Waals surface area (Å²) in [5, 5.41) is 24.9. The fourth-order valence-corrected chi connectivity index (χ4v) is 5.29. The van der Waals surface area contributed by atoms with Crippen molar-refractivity contribution in [1.82, 2.24) is 10.6 Å². The predicted molar refractivity (Wildman–Crippen MR) is 206 cm³/mol. The van der Waals surface area contributed by atoms with Crippen LogP contribution in [0.4, 0.5) is 0 Å². The van der Waals surface area contributed by atoms with Gasteiger partial charge in [-0.15, -0.1) is 0 Å². The van der Waals surface area contributed by atoms with Crippen LogP contribution in [0.2, 0.25) is 0 Å². The first-order valence-electron chi connectivity index (χ1n) is 19.1. The number of amides is 2. The van der Waals surface area contributed by atoms with Gasteiger partial charge < -0.3 is 84.7 Å². The van der Waals surface area contributed by atoms with E-state index in [1.165, 1.54) is 0 Å². The van der Waals surface area contributed by atoms with Gasteiger partial charge in [-0.1, -0.05) is 0 Å². The molecule has 2 unspecified atom stereocenters. The van der Waals surface area contributed by atoms with Crippen molar-refractivity contribution in [3.8, 4) is 0 Å². The number of phosphoric acid groups is 2. The first-order chi connectivity index (χ1) is 28.4. The van der Waals surface area contributed by atoms with Gasteiger partial charge in [-0.05, 0) is 0 Å². The lowest BCUT2D eigenvalue weighted by Gasteiger charge is -2.17. The van der Waals surface area contributed by atoms with Crippen LogP contribution in [0.1, 0.15) is 12.8 Å². The second kappa shape index (κ2) is 40.7. The van der Waals surface area contributed by atoms with Gasteiger partial charge in [0.25, 0.3) is 0 Å². The van der Waals surface area contributed by atoms with E-state index in [4.69, 9.17) is 72.2 Å². The molecule has 59 heavy (non-hydrogen) atoms. The summed E-state index contributed by atoms with van der Waals surface area (Å²) < 4.78 is 90.3. The number of phosphoric ester groups is 2. The summed E-state index contributed by atoms with van der Waals surface area (Å²) in [4.78, 5) is 43.3. The van der Waals surface area contributed by atoms with E-state index in [9.17, 15) is 38.7 Å². The van der Waals surface area contributed by atoms with Crippen molar-refractivity contribution in [2.45, 2.75) is 25.0 Å². The maximum Gasteiger partial charge on any atom is 0.472 e. The van der Waals surface area contributed by atoms with Gasteiger partial charge in [0.2, 0.25) is 11.8 Å². The first kappa shape index (κ1) is 57.6. The molecule has 0 aromatic carbocycles. The van der Waals surface area contributed by atoms with Crippen LogP contribution in [0.5, 0.6) is 0 Å². The molecule has 0 aliphatic rings. The molecular formula is C32H68N4O21P2. The van der Waals surface area contributed by atoms with Crippen LogP contribution in [0.15, 0.2) is 0 Å². The fraction of sp³-hybridized carbons (Fsp3) is 0.938. The van der Waals surface area contributed by atoms with Gasteiger partial charge in [0.05, 0.1) is 145 Å². The third-order valence-electron chi connectivity index (χ3n) is 6.54. The third-order valence-corrected chi connectivity index (χ3v) is 8.51. The molecule has 0 aromatic heterocycles. The molecule has 0 aliphatic heterocycles. The molecule has 0 fully saturated rings. The molecule has 0 saturated carbocycles. The van der Waals surface area contributed by atoms with Crippen LogP contribution in [0.3, 0.4) is 0 Å². The predicted octanol–water partition coefficient (Wildman–Crippen LogP) is -2.95. The number of aliphatic hydroxyl groups excluding tert-OH is 2. The van der Waals surface area contributed by atoms with Gasteiger partial charge >= 0.3 is 15.6 Å². The Morgan fingerprint density at radius 2 is 0.712 bits per heavy atom. The lowest BCUT2D eigenvalue weighted by molar-refractivity contribution is -0.123. The van der Waals surface area contributed by atoms with Gasteiger partial charge in [0, 0.05) is 39.0 Å². The second-order valence-electron chi connectivity index (χ2n) is 11.7. The summed E-state index contributed by atoms with van der Waals surface area (Å²) in [5.74, 6) is -0.748. The van der Waals surface area contributed by atoms with Crippen molar-refractivity contribution in [1.29, 1.82) is 0 Å². The molecule has 0 spiro atoms. The standard InChI is InChI=1S/C32H68N4O21P2/c33-3-9-47-15-19-51-23-21-49-17-13-45-7-1-31(39)35-5-11-54-58(41,42)56-27-29(37)25-53-26-30(38)28-57-59(43,44)55-12-6-36-32(40)2-8-46-14-18-50-22-24-52-20-16-48-10-4-34/h29-30,37-38H,1-28,33-34H2,(H,35,39)(H,36,40)(H,41,42)(H,43,44)/t29-,30-/m1/s1. The summed E-state index contributed by atoms with van der Waals surface area (Å²) in [6.45, 7) is 3.64. The van der Waals surface area contributed by atoms with Crippen molar-refractivity contribution in [3.05, 3.63) is 0 Å². The third kappa shape index (κ3) is 43.1. The Morgan fingerprint density at radius 3 is 1.02 bits per heavy atom. The zero-order valence-electron chi connectivity index (χ0n) is 33.7. The molecular weight excluding hydrogens is 838 g/mol. The molecule has 0 bridgehead atoms. The van der Waals surface area contributed by atoms with E-state index in [1.807, 2.05) is 0 Å². The number of carbonyl (C=O) groups is 2. The van der Waals surface area contributed by atoms with Crippen molar-refractivity contribution >= 4 is 27.5 Å². The lowest BCUT2D eigenvalue weighted by Crippen LogP contribution is -2.29. The average Bonchev–Trinajstić information content (AvgIpc) is 3.20. The monoisotopic (exact) mass is 906 g/mol. The highest BCUT2D eigenvalue weighted by Crippen LogP contribution is 2.43. The SMILES string of the molecule is NCCOCCOCCOCCOCCC(=O)NCCOP(=O)(O)OC[C@H](O)COC[C@@H](O)COP(=O)(O)OCCNC(=O)CCOCCOCCOCCOCCN. The normalized spacial score (nSPS) is 14.7. The molecule has 27 heteroatoms. The lowest BCUT2D eigenvalue weighted by atomic mass is 10.4. The molecule has 0 heterocycles. The highest BCUT2D eigenvalue weighted by molar-refractivity contribution is 7.47. The van der Waals surface area contributed by atoms with Crippen molar-refractivity contribution < 1.29 is 99.4 Å². The van der Waals surface area contributed by atoms with E-state index >= 15 is 0 Å². The van der Waals surface area contributed by atoms with E-state index < -0.39 is 54.3 Å². The Morgan fingerprint density at radius 1 is 0.424 bits per heavy atom. The number of nitrogens with one attached hydrogen (secondary N) is 2. The van der Waals surface area contributed by atoms with E-state index in [1.54, 1.807) is 0 Å². The zero-order chi connectivity index (χ0) is 43.7. The summed E-state index contributed by atoms with van der Waals surface area (Å²) in [6.07, 6.45) is -2.73. The largest absolute Gasteiger partial charge is 0.472 e. The molecule has 0 radical (unpaired) electrons. The van der Waals surface area contributed by atoms with Gasteiger partial charge in [-0.25, -0.2) is 9.13 Å². The number of aliphatic hydroxyl groups is 2. The first-order valence-corrected chi connectivity index (χ1v) is 22.1. The van der Waals surface area contributed by atoms with Crippen LogP contribution in [0, 0.1) is 0 Å². The van der Waals surface area contributed by atoms with Crippen molar-refractivity contribution in [3.63, 3.8) is 0 Å². The van der Waals surface area contributed by atoms with Crippen molar-refractivity contribution in [2.24, 2.45) is 11.5 Å². The number of rotatable bonds is 46. The molecule has 352 valence electrons. The molecule has 0 aromatic rings. The molecule has 0 saturated heterocycles. The van der Waals surface area contributed by atoms with Crippen LogP contribution in [-0.2, 0) is 79.4 Å². The smallest absolute Gasteiger partial charge is 0.388 e. The molecule has 0 rings (SSSR count). The van der Waals surface area contributed by atoms with Crippen LogP contribution < -0.4 is 22.1 Å². The second-order valence-corrected chi connectivity index (χ2v) is 14.6. The Balaban J connectivity index is 3.76. The molecule has 2 amide bonds. The highest BCUT2D eigenvalue weighted by atomic mass is 31.2. The Kier molecular flexibility index (Phi) is 39.8. The Labute approximate surface area is 345 Å². The number of nitrogens with two attached hydrogens (primary N) is 2. The highest BCUT2D eigenvalue weighted by Gasteiger charge is 2.24. The minimum absolute atomic E-state index is 0.0444. The van der Waals surface area contributed by atoms with Gasteiger partial charge in [0.1, 0.15) is 12.2 Å². The number of carbonyl (C=O) groups excluding carboxylic acids is 2. The Bertz CT molecular complexity index is 1010. The zero-order valence-corrected chi connectivity index (χ0v) is 35.5. The average molecular weight is 907 g/mol. The molecule has 4 atom stereocenters. The van der Waals surface area contributed by atoms with E-state index in [-0.39, 0.29) is 77.4 Å². The van der Waals surface area contributed by atoms with Gasteiger partial charge in [-0.3, -0.25) is 27.7 Å². The minimum Gasteiger partial charge on any atom is -0.388 e. The fourth-order valence-electron chi connectivity index (χ4n) is 3.77.